The van der Waals surface area contributed by atoms with Crippen LogP contribution in [0.3, 0.4) is 0 Å². The van der Waals surface area contributed by atoms with Gasteiger partial charge in [0.2, 0.25) is 0 Å². The molecule has 0 atom stereocenters. The highest BCUT2D eigenvalue weighted by atomic mass is 16.4. The Balaban J connectivity index is 1.23. The Bertz CT molecular complexity index is 3600. The van der Waals surface area contributed by atoms with Crippen molar-refractivity contribution in [3.8, 4) is 119 Å². The molecule has 308 valence electrons. The molecule has 6 aromatic carbocycles. The van der Waals surface area contributed by atoms with Crippen molar-refractivity contribution in [3.05, 3.63) is 122 Å². The van der Waals surface area contributed by atoms with Crippen molar-refractivity contribution in [3.63, 3.8) is 0 Å². The van der Waals surface area contributed by atoms with Gasteiger partial charge >= 0.3 is 0 Å². The second kappa shape index (κ2) is 13.7. The SMILES string of the molecule is O=c1cc(-c2ccc(O)c(O)c2-c2c(O)cc3oc(-c4ccc(O)c(O)c4-c4c(O)cc5oc(-c6ccc(O)cc6)cc(=O)c5c4O)cc(=O)c3c2O)oc2cc(O)cc(O)c12. The summed E-state index contributed by atoms with van der Waals surface area (Å²) in [6, 6.07) is 16.4. The van der Waals surface area contributed by atoms with Crippen molar-refractivity contribution in [1.29, 1.82) is 0 Å². The predicted molar refractivity (Wildman–Crippen MR) is 220 cm³/mol. The van der Waals surface area contributed by atoms with Gasteiger partial charge in [-0.05, 0) is 48.5 Å². The number of fused-ring (bicyclic) bond motifs is 3. The van der Waals surface area contributed by atoms with Crippen LogP contribution >= 0.6 is 0 Å². The molecule has 0 fully saturated rings. The smallest absolute Gasteiger partial charge is 0.197 e. The Morgan fingerprint density at radius 3 is 1.23 bits per heavy atom. The fourth-order valence-corrected chi connectivity index (χ4v) is 7.44. The summed E-state index contributed by atoms with van der Waals surface area (Å²) in [7, 11) is 0. The van der Waals surface area contributed by atoms with Gasteiger partial charge in [0.15, 0.2) is 39.3 Å². The minimum absolute atomic E-state index is 0.0145. The van der Waals surface area contributed by atoms with Crippen molar-refractivity contribution in [2.75, 3.05) is 0 Å². The van der Waals surface area contributed by atoms with Crippen LogP contribution in [0, 0.1) is 0 Å². The molecule has 0 aliphatic carbocycles. The van der Waals surface area contributed by atoms with Gasteiger partial charge in [-0.2, -0.15) is 0 Å². The molecule has 11 N–H and O–H groups in total. The summed E-state index contributed by atoms with van der Waals surface area (Å²) in [6.07, 6.45) is 0. The molecule has 17 heteroatoms. The number of phenolic OH excluding ortho intramolecular Hbond substituents is 11. The standard InChI is InChI=1S/C45H26O17/c46-17-3-1-16(2-4-17)29-11-25(52)38-33(60-29)14-27(54)40(44(38)58)36-20(6-8-22(49)43(36)57)31-13-26(53)39-34(62-31)15-28(55)41(45(39)59)35-19(5-7-21(48)42(35)56)30-12-24(51)37-23(50)9-18(47)10-32(37)61-30/h1-15,46-50,54-59H. The van der Waals surface area contributed by atoms with Gasteiger partial charge in [-0.15, -0.1) is 0 Å². The minimum atomic E-state index is -1.02. The number of phenols is 11. The Morgan fingerprint density at radius 1 is 0.323 bits per heavy atom. The van der Waals surface area contributed by atoms with E-state index in [1.807, 2.05) is 0 Å². The molecule has 62 heavy (non-hydrogen) atoms. The predicted octanol–water partition coefficient (Wildman–Crippen LogP) is 7.10. The molecule has 9 rings (SSSR count). The minimum Gasteiger partial charge on any atom is -0.508 e. The monoisotopic (exact) mass is 838 g/mol. The summed E-state index contributed by atoms with van der Waals surface area (Å²) in [5.41, 5.74) is -6.16. The molecule has 3 heterocycles. The zero-order valence-electron chi connectivity index (χ0n) is 31.0. The van der Waals surface area contributed by atoms with Crippen molar-refractivity contribution in [1.82, 2.24) is 0 Å². The van der Waals surface area contributed by atoms with Crippen molar-refractivity contribution < 1.29 is 69.4 Å². The first kappa shape index (κ1) is 38.3. The van der Waals surface area contributed by atoms with Crippen LogP contribution in [0.2, 0.25) is 0 Å². The highest BCUT2D eigenvalue weighted by Crippen LogP contribution is 2.54. The topological polar surface area (TPSA) is 313 Å². The summed E-state index contributed by atoms with van der Waals surface area (Å²) in [5.74, 6) is -8.84. The molecule has 0 aliphatic heterocycles. The third kappa shape index (κ3) is 5.83. The molecule has 0 spiro atoms. The summed E-state index contributed by atoms with van der Waals surface area (Å²) in [5, 5.41) is 118. The van der Waals surface area contributed by atoms with Gasteiger partial charge in [0.05, 0.1) is 11.1 Å². The van der Waals surface area contributed by atoms with E-state index >= 15 is 0 Å². The van der Waals surface area contributed by atoms with Gasteiger partial charge < -0.3 is 69.4 Å². The van der Waals surface area contributed by atoms with Crippen LogP contribution in [0.1, 0.15) is 0 Å². The fraction of sp³-hybridized carbons (Fsp3) is 0. The Hall–Kier alpha value is -9.25. The van der Waals surface area contributed by atoms with Gasteiger partial charge in [-0.25, -0.2) is 0 Å². The molecule has 0 radical (unpaired) electrons. The van der Waals surface area contributed by atoms with Gasteiger partial charge in [-0.3, -0.25) is 14.4 Å². The van der Waals surface area contributed by atoms with E-state index in [1.54, 1.807) is 0 Å². The first-order valence-corrected chi connectivity index (χ1v) is 18.0. The normalized spacial score (nSPS) is 11.5. The molecule has 0 aliphatic rings. The molecule has 0 saturated heterocycles. The van der Waals surface area contributed by atoms with Crippen LogP contribution < -0.4 is 16.3 Å². The maximum atomic E-state index is 14.0. The van der Waals surface area contributed by atoms with Gasteiger partial charge in [0.25, 0.3) is 0 Å². The van der Waals surface area contributed by atoms with Crippen molar-refractivity contribution in [2.45, 2.75) is 0 Å². The number of hydrogen-bond acceptors (Lipinski definition) is 17. The number of rotatable bonds is 5. The Labute approximate surface area is 342 Å². The van der Waals surface area contributed by atoms with E-state index in [0.717, 1.165) is 66.7 Å². The fourth-order valence-electron chi connectivity index (χ4n) is 7.44. The largest absolute Gasteiger partial charge is 0.508 e. The van der Waals surface area contributed by atoms with E-state index in [9.17, 15) is 70.6 Å². The molecule has 9 aromatic rings. The summed E-state index contributed by atoms with van der Waals surface area (Å²) >= 11 is 0. The van der Waals surface area contributed by atoms with E-state index in [0.29, 0.717) is 5.56 Å². The second-order valence-electron chi connectivity index (χ2n) is 14.0. The third-order valence-corrected chi connectivity index (χ3v) is 10.2. The quantitative estimate of drug-likeness (QED) is 0.0770. The van der Waals surface area contributed by atoms with Crippen LogP contribution in [0.4, 0.5) is 0 Å². The van der Waals surface area contributed by atoms with E-state index in [1.165, 1.54) is 24.3 Å². The summed E-state index contributed by atoms with van der Waals surface area (Å²) in [6.45, 7) is 0. The highest BCUT2D eigenvalue weighted by Gasteiger charge is 2.30. The zero-order valence-corrected chi connectivity index (χ0v) is 31.0. The first-order valence-electron chi connectivity index (χ1n) is 18.0. The highest BCUT2D eigenvalue weighted by molar-refractivity contribution is 6.03. The molecule has 0 bridgehead atoms. The van der Waals surface area contributed by atoms with E-state index in [2.05, 4.69) is 0 Å². The number of benzene rings is 6. The lowest BCUT2D eigenvalue weighted by atomic mass is 9.92. The molecule has 17 nitrogen and oxygen atoms in total. The van der Waals surface area contributed by atoms with Gasteiger partial charge in [0.1, 0.15) is 90.4 Å². The van der Waals surface area contributed by atoms with E-state index in [4.69, 9.17) is 13.3 Å². The zero-order chi connectivity index (χ0) is 44.0. The van der Waals surface area contributed by atoms with Crippen LogP contribution in [-0.4, -0.2) is 56.2 Å². The van der Waals surface area contributed by atoms with Crippen molar-refractivity contribution >= 4 is 32.9 Å². The van der Waals surface area contributed by atoms with Crippen molar-refractivity contribution in [2.24, 2.45) is 0 Å². The molecule has 3 aromatic heterocycles. The average Bonchev–Trinajstić information content (AvgIpc) is 3.20. The summed E-state index contributed by atoms with van der Waals surface area (Å²) < 4.78 is 17.6. The van der Waals surface area contributed by atoms with Crippen LogP contribution in [-0.2, 0) is 0 Å². The summed E-state index contributed by atoms with van der Waals surface area (Å²) in [4.78, 5) is 40.5. The first-order chi connectivity index (χ1) is 29.5. The van der Waals surface area contributed by atoms with Gasteiger partial charge in [-0.1, -0.05) is 0 Å². The lowest BCUT2D eigenvalue weighted by molar-refractivity contribution is 0.404. The maximum Gasteiger partial charge on any atom is 0.197 e. The average molecular weight is 839 g/mol. The molecule has 0 amide bonds. The third-order valence-electron chi connectivity index (χ3n) is 10.2. The Kier molecular flexibility index (Phi) is 8.44. The Morgan fingerprint density at radius 2 is 0.742 bits per heavy atom. The van der Waals surface area contributed by atoms with E-state index < -0.39 is 118 Å². The molecule has 0 saturated carbocycles. The van der Waals surface area contributed by atoms with Crippen LogP contribution in [0.25, 0.3) is 89.1 Å². The van der Waals surface area contributed by atoms with Crippen LogP contribution in [0.5, 0.6) is 63.2 Å². The maximum absolute atomic E-state index is 14.0. The van der Waals surface area contributed by atoms with Gasteiger partial charge in [0, 0.05) is 70.3 Å². The molecular weight excluding hydrogens is 812 g/mol. The number of hydrogen-bond donors (Lipinski definition) is 11. The molecular formula is C45H26O17. The lowest BCUT2D eigenvalue weighted by Gasteiger charge is -2.18. The van der Waals surface area contributed by atoms with Crippen LogP contribution in [0.15, 0.2) is 119 Å². The number of aromatic hydroxyl groups is 11. The second-order valence-corrected chi connectivity index (χ2v) is 14.0. The molecule has 0 unspecified atom stereocenters. The lowest BCUT2D eigenvalue weighted by Crippen LogP contribution is -2.04. The van der Waals surface area contributed by atoms with E-state index in [-0.39, 0.29) is 44.9 Å².